The average molecular weight is 370 g/mol. The molecule has 2 aliphatic heterocycles. The van der Waals surface area contributed by atoms with Gasteiger partial charge in [0.05, 0.1) is 18.1 Å². The number of carbonyl (C=O) groups excluding carboxylic acids is 1. The number of hydrogen-bond donors (Lipinski definition) is 0. The first-order chi connectivity index (χ1) is 11.9. The van der Waals surface area contributed by atoms with Gasteiger partial charge in [0.15, 0.2) is 15.7 Å². The van der Waals surface area contributed by atoms with Gasteiger partial charge < -0.3 is 9.42 Å². The highest BCUT2D eigenvalue weighted by Crippen LogP contribution is 2.27. The van der Waals surface area contributed by atoms with E-state index in [4.69, 9.17) is 4.52 Å². The fraction of sp³-hybridized carbons (Fsp3) is 0.812. The first-order valence-electron chi connectivity index (χ1n) is 8.90. The molecule has 0 spiro atoms. The number of amides is 1. The van der Waals surface area contributed by atoms with Crippen LogP contribution in [0.3, 0.4) is 0 Å². The lowest BCUT2D eigenvalue weighted by molar-refractivity contribution is -0.134. The molecule has 1 aromatic heterocycles. The van der Waals surface area contributed by atoms with Crippen molar-refractivity contribution < 1.29 is 17.7 Å². The van der Waals surface area contributed by atoms with Crippen LogP contribution >= 0.6 is 0 Å². The zero-order valence-electron chi connectivity index (χ0n) is 14.8. The van der Waals surface area contributed by atoms with Crippen LogP contribution in [0.25, 0.3) is 0 Å². The van der Waals surface area contributed by atoms with E-state index < -0.39 is 9.84 Å². The molecular formula is C16H26N4O4S. The Hall–Kier alpha value is -1.48. The Labute approximate surface area is 148 Å². The molecule has 8 nitrogen and oxygen atoms in total. The van der Waals surface area contributed by atoms with E-state index in [-0.39, 0.29) is 29.4 Å². The molecule has 0 aliphatic carbocycles. The number of rotatable bonds is 5. The standard InChI is InChI=1S/C16H26N4O4S/c1-3-20(14-6-9-25(22,23)11-14)15(21)10-19-7-4-13(5-8-19)16-17-12(2)18-24-16/h13-14H,3-11H2,1-2H3. The van der Waals surface area contributed by atoms with Crippen LogP contribution in [0.15, 0.2) is 4.52 Å². The molecule has 1 aromatic rings. The highest BCUT2D eigenvalue weighted by atomic mass is 32.2. The largest absolute Gasteiger partial charge is 0.339 e. The van der Waals surface area contributed by atoms with Crippen LogP contribution in [-0.2, 0) is 14.6 Å². The van der Waals surface area contributed by atoms with Gasteiger partial charge in [-0.25, -0.2) is 8.42 Å². The molecule has 3 rings (SSSR count). The van der Waals surface area contributed by atoms with Gasteiger partial charge in [0.2, 0.25) is 11.8 Å². The Morgan fingerprint density at radius 1 is 1.32 bits per heavy atom. The zero-order chi connectivity index (χ0) is 18.0. The van der Waals surface area contributed by atoms with Crippen molar-refractivity contribution in [1.29, 1.82) is 0 Å². The van der Waals surface area contributed by atoms with Crippen LogP contribution in [0.1, 0.15) is 43.8 Å². The van der Waals surface area contributed by atoms with Crippen LogP contribution in [0.2, 0.25) is 0 Å². The summed E-state index contributed by atoms with van der Waals surface area (Å²) in [6.07, 6.45) is 2.33. The Morgan fingerprint density at radius 2 is 2.04 bits per heavy atom. The number of carbonyl (C=O) groups is 1. The first kappa shape index (κ1) is 18.3. The second-order valence-corrected chi connectivity index (χ2v) is 9.20. The van der Waals surface area contributed by atoms with Crippen molar-refractivity contribution in [3.8, 4) is 0 Å². The zero-order valence-corrected chi connectivity index (χ0v) is 15.7. The fourth-order valence-corrected chi connectivity index (χ4v) is 5.49. The quantitative estimate of drug-likeness (QED) is 0.748. The number of aromatic nitrogens is 2. The monoisotopic (exact) mass is 370 g/mol. The van der Waals surface area contributed by atoms with E-state index in [1.165, 1.54) is 0 Å². The third-order valence-electron chi connectivity index (χ3n) is 5.15. The minimum atomic E-state index is -2.98. The topological polar surface area (TPSA) is 96.6 Å². The molecule has 1 atom stereocenters. The van der Waals surface area contributed by atoms with E-state index in [1.54, 1.807) is 4.90 Å². The Morgan fingerprint density at radius 3 is 2.56 bits per heavy atom. The minimum Gasteiger partial charge on any atom is -0.339 e. The molecule has 25 heavy (non-hydrogen) atoms. The van der Waals surface area contributed by atoms with Crippen molar-refractivity contribution in [3.05, 3.63) is 11.7 Å². The summed E-state index contributed by atoms with van der Waals surface area (Å²) in [5.74, 6) is 1.92. The molecule has 0 N–H and O–H groups in total. The van der Waals surface area contributed by atoms with Crippen LogP contribution < -0.4 is 0 Å². The van der Waals surface area contributed by atoms with E-state index >= 15 is 0 Å². The summed E-state index contributed by atoms with van der Waals surface area (Å²) in [6.45, 7) is 6.23. The summed E-state index contributed by atoms with van der Waals surface area (Å²) < 4.78 is 28.6. The second kappa shape index (κ2) is 7.41. The molecule has 0 bridgehead atoms. The van der Waals surface area contributed by atoms with E-state index in [2.05, 4.69) is 15.0 Å². The van der Waals surface area contributed by atoms with Crippen molar-refractivity contribution in [2.45, 2.75) is 45.1 Å². The minimum absolute atomic E-state index is 0.0247. The number of hydrogen-bond acceptors (Lipinski definition) is 7. The van der Waals surface area contributed by atoms with Crippen LogP contribution in [0, 0.1) is 6.92 Å². The number of likely N-dealkylation sites (tertiary alicyclic amines) is 1. The van der Waals surface area contributed by atoms with Gasteiger partial charge in [-0.3, -0.25) is 9.69 Å². The fourth-order valence-electron chi connectivity index (χ4n) is 3.76. The van der Waals surface area contributed by atoms with Crippen molar-refractivity contribution in [2.24, 2.45) is 0 Å². The van der Waals surface area contributed by atoms with E-state index in [0.717, 1.165) is 25.9 Å². The molecule has 140 valence electrons. The lowest BCUT2D eigenvalue weighted by atomic mass is 9.97. The maximum Gasteiger partial charge on any atom is 0.237 e. The first-order valence-corrected chi connectivity index (χ1v) is 10.7. The molecule has 2 aliphatic rings. The lowest BCUT2D eigenvalue weighted by Gasteiger charge is -2.33. The normalized spacial score (nSPS) is 24.5. The van der Waals surface area contributed by atoms with Gasteiger partial charge in [0.1, 0.15) is 0 Å². The Kier molecular flexibility index (Phi) is 5.43. The number of likely N-dealkylation sites (N-methyl/N-ethyl adjacent to an activating group) is 1. The lowest BCUT2D eigenvalue weighted by Crippen LogP contribution is -2.47. The molecule has 0 saturated carbocycles. The van der Waals surface area contributed by atoms with Crippen molar-refractivity contribution >= 4 is 15.7 Å². The van der Waals surface area contributed by atoms with Gasteiger partial charge in [-0.1, -0.05) is 5.16 Å². The number of aryl methyl sites for hydroxylation is 1. The molecule has 1 amide bonds. The summed E-state index contributed by atoms with van der Waals surface area (Å²) >= 11 is 0. The summed E-state index contributed by atoms with van der Waals surface area (Å²) in [5.41, 5.74) is 0. The summed E-state index contributed by atoms with van der Waals surface area (Å²) in [6, 6.07) is -0.165. The number of piperidine rings is 1. The molecule has 2 saturated heterocycles. The van der Waals surface area contributed by atoms with Crippen molar-refractivity contribution in [3.63, 3.8) is 0 Å². The Balaban J connectivity index is 1.51. The number of sulfone groups is 1. The highest BCUT2D eigenvalue weighted by Gasteiger charge is 2.34. The van der Waals surface area contributed by atoms with Crippen LogP contribution in [0.5, 0.6) is 0 Å². The third-order valence-corrected chi connectivity index (χ3v) is 6.90. The predicted octanol–water partition coefficient (Wildman–Crippen LogP) is 0.593. The summed E-state index contributed by atoms with van der Waals surface area (Å²) in [4.78, 5) is 20.8. The molecule has 0 aromatic carbocycles. The molecule has 3 heterocycles. The summed E-state index contributed by atoms with van der Waals surface area (Å²) in [5, 5.41) is 3.84. The molecular weight excluding hydrogens is 344 g/mol. The maximum atomic E-state index is 12.6. The smallest absolute Gasteiger partial charge is 0.237 e. The number of nitrogens with zero attached hydrogens (tertiary/aromatic N) is 4. The maximum absolute atomic E-state index is 12.6. The molecule has 9 heteroatoms. The third kappa shape index (κ3) is 4.38. The summed E-state index contributed by atoms with van der Waals surface area (Å²) in [7, 11) is -2.98. The van der Waals surface area contributed by atoms with E-state index in [1.807, 2.05) is 13.8 Å². The second-order valence-electron chi connectivity index (χ2n) is 6.97. The van der Waals surface area contributed by atoms with Crippen molar-refractivity contribution in [1.82, 2.24) is 19.9 Å². The van der Waals surface area contributed by atoms with Gasteiger partial charge in [0, 0.05) is 18.5 Å². The SMILES string of the molecule is CCN(C(=O)CN1CCC(c2nc(C)no2)CC1)C1CCS(=O)(=O)C1. The van der Waals surface area contributed by atoms with Gasteiger partial charge in [-0.15, -0.1) is 0 Å². The van der Waals surface area contributed by atoms with Gasteiger partial charge in [0.25, 0.3) is 0 Å². The predicted molar refractivity (Wildman–Crippen MR) is 91.9 cm³/mol. The van der Waals surface area contributed by atoms with Gasteiger partial charge in [-0.2, -0.15) is 4.98 Å². The van der Waals surface area contributed by atoms with Gasteiger partial charge in [-0.05, 0) is 46.2 Å². The highest BCUT2D eigenvalue weighted by molar-refractivity contribution is 7.91. The average Bonchev–Trinajstić information content (AvgIpc) is 3.14. The van der Waals surface area contributed by atoms with Crippen molar-refractivity contribution in [2.75, 3.05) is 37.7 Å². The Bertz CT molecular complexity index is 709. The van der Waals surface area contributed by atoms with E-state index in [9.17, 15) is 13.2 Å². The van der Waals surface area contributed by atoms with Crippen LogP contribution in [0.4, 0.5) is 0 Å². The van der Waals surface area contributed by atoms with Gasteiger partial charge >= 0.3 is 0 Å². The molecule has 1 unspecified atom stereocenters. The van der Waals surface area contributed by atoms with Crippen LogP contribution in [-0.4, -0.2) is 78.0 Å². The molecule has 2 fully saturated rings. The molecule has 0 radical (unpaired) electrons. The van der Waals surface area contributed by atoms with E-state index in [0.29, 0.717) is 31.2 Å².